The molecule has 0 aliphatic heterocycles. The molecule has 2 aromatic carbocycles. The summed E-state index contributed by atoms with van der Waals surface area (Å²) >= 11 is 0. The first-order valence-corrected chi connectivity index (χ1v) is 9.94. The molecule has 0 aromatic heterocycles. The van der Waals surface area contributed by atoms with Gasteiger partial charge in [-0.2, -0.15) is 0 Å². The second-order valence-corrected chi connectivity index (χ2v) is 7.71. The average molecular weight is 376 g/mol. The third kappa shape index (κ3) is 6.16. The summed E-state index contributed by atoms with van der Waals surface area (Å²) in [5, 5.41) is 2.81. The molecule has 0 bridgehead atoms. The summed E-state index contributed by atoms with van der Waals surface area (Å²) in [7, 11) is -3.64. The van der Waals surface area contributed by atoms with Gasteiger partial charge in [0.25, 0.3) is 15.9 Å². The maximum atomic E-state index is 12.3. The predicted molar refractivity (Wildman–Crippen MR) is 102 cm³/mol. The smallest absolute Gasteiger partial charge is 0.261 e. The van der Waals surface area contributed by atoms with Crippen molar-refractivity contribution >= 4 is 21.6 Å². The molecule has 2 aromatic rings. The Balaban J connectivity index is 1.89. The van der Waals surface area contributed by atoms with Crippen molar-refractivity contribution in [2.75, 3.05) is 17.9 Å². The van der Waals surface area contributed by atoms with Gasteiger partial charge in [0.2, 0.25) is 0 Å². The van der Waals surface area contributed by atoms with Crippen LogP contribution in [-0.2, 0) is 14.8 Å². The van der Waals surface area contributed by atoms with Gasteiger partial charge in [-0.15, -0.1) is 0 Å². The number of benzene rings is 2. The maximum absolute atomic E-state index is 12.3. The third-order valence-electron chi connectivity index (χ3n) is 3.51. The minimum atomic E-state index is -3.64. The molecular weight excluding hydrogens is 352 g/mol. The number of ether oxygens (including phenoxy) is 1. The Labute approximate surface area is 154 Å². The normalized spacial score (nSPS) is 11.3. The molecule has 0 unspecified atom stereocenters. The zero-order chi connectivity index (χ0) is 19.0. The van der Waals surface area contributed by atoms with Crippen molar-refractivity contribution in [2.24, 2.45) is 0 Å². The summed E-state index contributed by atoms with van der Waals surface area (Å²) < 4.78 is 32.4. The topological polar surface area (TPSA) is 84.5 Å². The lowest BCUT2D eigenvalue weighted by Crippen LogP contribution is -2.25. The van der Waals surface area contributed by atoms with Crippen LogP contribution in [0.2, 0.25) is 0 Å². The minimum Gasteiger partial charge on any atom is -0.379 e. The molecule has 2 N–H and O–H groups in total. The van der Waals surface area contributed by atoms with Crippen molar-refractivity contribution in [1.82, 2.24) is 5.32 Å². The molecule has 0 fully saturated rings. The Morgan fingerprint density at radius 2 is 1.69 bits per heavy atom. The fourth-order valence-corrected chi connectivity index (χ4v) is 3.28. The van der Waals surface area contributed by atoms with Crippen LogP contribution in [0.25, 0.3) is 0 Å². The number of hydrogen-bond acceptors (Lipinski definition) is 4. The number of carbonyl (C=O) groups excluding carboxylic acids is 1. The van der Waals surface area contributed by atoms with Gasteiger partial charge < -0.3 is 10.1 Å². The number of carbonyl (C=O) groups is 1. The van der Waals surface area contributed by atoms with Crippen molar-refractivity contribution in [3.8, 4) is 0 Å². The number of sulfonamides is 1. The van der Waals surface area contributed by atoms with E-state index in [0.29, 0.717) is 24.4 Å². The van der Waals surface area contributed by atoms with Crippen LogP contribution < -0.4 is 10.0 Å². The van der Waals surface area contributed by atoms with E-state index < -0.39 is 10.0 Å². The Morgan fingerprint density at radius 3 is 2.31 bits per heavy atom. The number of rotatable bonds is 9. The zero-order valence-corrected chi connectivity index (χ0v) is 15.8. The SMILES string of the molecule is CC(C)OCCCNC(=O)c1ccc(NS(=O)(=O)c2ccccc2)cc1. The lowest BCUT2D eigenvalue weighted by molar-refractivity contribution is 0.0757. The summed E-state index contributed by atoms with van der Waals surface area (Å²) in [5.74, 6) is -0.202. The largest absolute Gasteiger partial charge is 0.379 e. The van der Waals surface area contributed by atoms with Gasteiger partial charge in [-0.05, 0) is 56.7 Å². The Bertz CT molecular complexity index is 803. The molecule has 0 radical (unpaired) electrons. The number of hydrogen-bond donors (Lipinski definition) is 2. The number of anilines is 1. The van der Waals surface area contributed by atoms with E-state index in [1.54, 1.807) is 42.5 Å². The predicted octanol–water partition coefficient (Wildman–Crippen LogP) is 3.03. The summed E-state index contributed by atoms with van der Waals surface area (Å²) in [6.07, 6.45) is 0.914. The van der Waals surface area contributed by atoms with Gasteiger partial charge in [-0.25, -0.2) is 8.42 Å². The first kappa shape index (κ1) is 19.9. The monoisotopic (exact) mass is 376 g/mol. The van der Waals surface area contributed by atoms with Gasteiger partial charge in [0.05, 0.1) is 11.0 Å². The Morgan fingerprint density at radius 1 is 1.04 bits per heavy atom. The molecule has 0 saturated carbocycles. The van der Waals surface area contributed by atoms with Crippen LogP contribution in [-0.4, -0.2) is 33.6 Å². The summed E-state index contributed by atoms with van der Waals surface area (Å²) in [5.41, 5.74) is 0.869. The first-order chi connectivity index (χ1) is 12.4. The van der Waals surface area contributed by atoms with E-state index in [0.717, 1.165) is 6.42 Å². The van der Waals surface area contributed by atoms with Crippen LogP contribution in [0.15, 0.2) is 59.5 Å². The van der Waals surface area contributed by atoms with Crippen molar-refractivity contribution < 1.29 is 17.9 Å². The molecular formula is C19H24N2O4S. The standard InChI is InChI=1S/C19H24N2O4S/c1-15(2)25-14-6-13-20-19(22)16-9-11-17(12-10-16)21-26(23,24)18-7-4-3-5-8-18/h3-5,7-12,15,21H,6,13-14H2,1-2H3,(H,20,22). The van der Waals surface area contributed by atoms with Crippen LogP contribution in [0, 0.1) is 0 Å². The number of nitrogens with one attached hydrogen (secondary N) is 2. The second-order valence-electron chi connectivity index (χ2n) is 6.02. The van der Waals surface area contributed by atoms with Crippen LogP contribution >= 0.6 is 0 Å². The van der Waals surface area contributed by atoms with E-state index in [-0.39, 0.29) is 16.9 Å². The molecule has 26 heavy (non-hydrogen) atoms. The second kappa shape index (κ2) is 9.35. The van der Waals surface area contributed by atoms with E-state index in [1.165, 1.54) is 12.1 Å². The minimum absolute atomic E-state index is 0.179. The molecule has 0 heterocycles. The summed E-state index contributed by atoms with van der Waals surface area (Å²) in [4.78, 5) is 12.3. The molecule has 0 spiro atoms. The molecule has 2 rings (SSSR count). The molecule has 6 nitrogen and oxygen atoms in total. The van der Waals surface area contributed by atoms with Crippen LogP contribution in [0.1, 0.15) is 30.6 Å². The van der Waals surface area contributed by atoms with Gasteiger partial charge in [0, 0.05) is 24.4 Å². The Kier molecular flexibility index (Phi) is 7.17. The molecule has 140 valence electrons. The number of amides is 1. The van der Waals surface area contributed by atoms with E-state index in [2.05, 4.69) is 10.0 Å². The first-order valence-electron chi connectivity index (χ1n) is 8.46. The molecule has 0 atom stereocenters. The molecule has 0 aliphatic carbocycles. The highest BCUT2D eigenvalue weighted by Crippen LogP contribution is 2.16. The molecule has 1 amide bonds. The lowest BCUT2D eigenvalue weighted by Gasteiger charge is -2.10. The van der Waals surface area contributed by atoms with Crippen molar-refractivity contribution in [2.45, 2.75) is 31.3 Å². The highest BCUT2D eigenvalue weighted by Gasteiger charge is 2.13. The fourth-order valence-electron chi connectivity index (χ4n) is 2.20. The van der Waals surface area contributed by atoms with Gasteiger partial charge in [0.15, 0.2) is 0 Å². The van der Waals surface area contributed by atoms with Gasteiger partial charge in [-0.3, -0.25) is 9.52 Å². The zero-order valence-electron chi connectivity index (χ0n) is 14.9. The van der Waals surface area contributed by atoms with Crippen molar-refractivity contribution in [3.63, 3.8) is 0 Å². The summed E-state index contributed by atoms with van der Waals surface area (Å²) in [6, 6.07) is 14.4. The van der Waals surface area contributed by atoms with Gasteiger partial charge in [0.1, 0.15) is 0 Å². The summed E-state index contributed by atoms with van der Waals surface area (Å²) in [6.45, 7) is 5.05. The van der Waals surface area contributed by atoms with E-state index >= 15 is 0 Å². The maximum Gasteiger partial charge on any atom is 0.261 e. The highest BCUT2D eigenvalue weighted by molar-refractivity contribution is 7.92. The molecule has 7 heteroatoms. The Hall–Kier alpha value is -2.38. The van der Waals surface area contributed by atoms with Gasteiger partial charge >= 0.3 is 0 Å². The van der Waals surface area contributed by atoms with Crippen LogP contribution in [0.5, 0.6) is 0 Å². The van der Waals surface area contributed by atoms with E-state index in [4.69, 9.17) is 4.74 Å². The van der Waals surface area contributed by atoms with E-state index in [9.17, 15) is 13.2 Å². The highest BCUT2D eigenvalue weighted by atomic mass is 32.2. The lowest BCUT2D eigenvalue weighted by atomic mass is 10.2. The van der Waals surface area contributed by atoms with Crippen molar-refractivity contribution in [3.05, 3.63) is 60.2 Å². The van der Waals surface area contributed by atoms with Crippen molar-refractivity contribution in [1.29, 1.82) is 0 Å². The third-order valence-corrected chi connectivity index (χ3v) is 4.91. The average Bonchev–Trinajstić information content (AvgIpc) is 2.62. The van der Waals surface area contributed by atoms with Gasteiger partial charge in [-0.1, -0.05) is 18.2 Å². The molecule has 0 aliphatic rings. The van der Waals surface area contributed by atoms with E-state index in [1.807, 2.05) is 13.8 Å². The molecule has 0 saturated heterocycles. The fraction of sp³-hybridized carbons (Fsp3) is 0.316. The van der Waals surface area contributed by atoms with Crippen LogP contribution in [0.3, 0.4) is 0 Å². The van der Waals surface area contributed by atoms with Crippen LogP contribution in [0.4, 0.5) is 5.69 Å². The quantitative estimate of drug-likeness (QED) is 0.659.